The smallest absolute Gasteiger partial charge is 0.0876 e. The van der Waals surface area contributed by atoms with Crippen LogP contribution >= 0.6 is 0 Å². The van der Waals surface area contributed by atoms with Gasteiger partial charge >= 0.3 is 0 Å². The number of hydrogen-bond donors (Lipinski definition) is 0. The maximum atomic E-state index is 5.62. The van der Waals surface area contributed by atoms with Gasteiger partial charge in [-0.05, 0) is 56.4 Å². The molecule has 1 saturated carbocycles. The van der Waals surface area contributed by atoms with E-state index in [4.69, 9.17) is 9.47 Å². The molecule has 0 bridgehead atoms. The lowest BCUT2D eigenvalue weighted by Crippen LogP contribution is -2.16. The molecule has 0 aromatic carbocycles. The molecule has 0 aromatic heterocycles. The summed E-state index contributed by atoms with van der Waals surface area (Å²) in [5, 5.41) is 0. The van der Waals surface area contributed by atoms with E-state index in [1.54, 1.807) is 0 Å². The van der Waals surface area contributed by atoms with Gasteiger partial charge in [0.1, 0.15) is 0 Å². The van der Waals surface area contributed by atoms with Crippen LogP contribution in [-0.2, 0) is 9.47 Å². The van der Waals surface area contributed by atoms with Crippen molar-refractivity contribution in [3.8, 4) is 0 Å². The Balaban J connectivity index is 1.55. The fourth-order valence-corrected chi connectivity index (χ4v) is 2.39. The maximum absolute atomic E-state index is 5.62. The van der Waals surface area contributed by atoms with Crippen LogP contribution in [0.5, 0.6) is 0 Å². The minimum absolute atomic E-state index is 0.834. The van der Waals surface area contributed by atoms with Crippen LogP contribution in [0.3, 0.4) is 0 Å². The molecule has 0 radical (unpaired) electrons. The third-order valence-corrected chi connectivity index (χ3v) is 3.48. The normalized spacial score (nSPS) is 23.1. The van der Waals surface area contributed by atoms with Crippen LogP contribution in [0.15, 0.2) is 11.8 Å². The van der Waals surface area contributed by atoms with Crippen LogP contribution in [0.25, 0.3) is 0 Å². The Kier molecular flexibility index (Phi) is 4.52. The van der Waals surface area contributed by atoms with Crippen LogP contribution in [0.2, 0.25) is 0 Å². The molecule has 0 amide bonds. The molecular weight excluding hydrogens is 188 g/mol. The monoisotopic (exact) mass is 210 g/mol. The molecule has 0 aromatic rings. The van der Waals surface area contributed by atoms with Gasteiger partial charge in [-0.25, -0.2) is 0 Å². The van der Waals surface area contributed by atoms with Crippen LogP contribution in [0, 0.1) is 5.92 Å². The van der Waals surface area contributed by atoms with Gasteiger partial charge in [0.2, 0.25) is 0 Å². The second-order valence-electron chi connectivity index (χ2n) is 4.70. The first kappa shape index (κ1) is 11.0. The molecule has 15 heavy (non-hydrogen) atoms. The third kappa shape index (κ3) is 3.86. The molecule has 0 unspecified atom stereocenters. The Labute approximate surface area is 92.6 Å². The highest BCUT2D eigenvalue weighted by Gasteiger charge is 2.13. The average Bonchev–Trinajstić information content (AvgIpc) is 2.79. The first-order valence-electron chi connectivity index (χ1n) is 6.32. The largest absolute Gasteiger partial charge is 0.501 e. The summed E-state index contributed by atoms with van der Waals surface area (Å²) in [6, 6.07) is 0. The van der Waals surface area contributed by atoms with Gasteiger partial charge in [-0.15, -0.1) is 0 Å². The highest BCUT2D eigenvalue weighted by Crippen LogP contribution is 2.24. The van der Waals surface area contributed by atoms with Crippen molar-refractivity contribution in [1.82, 2.24) is 0 Å². The molecule has 1 aliphatic heterocycles. The van der Waals surface area contributed by atoms with Gasteiger partial charge < -0.3 is 9.47 Å². The first-order valence-corrected chi connectivity index (χ1v) is 6.32. The summed E-state index contributed by atoms with van der Waals surface area (Å²) in [5.74, 6) is 0.834. The summed E-state index contributed by atoms with van der Waals surface area (Å²) in [6.07, 6.45) is 10.9. The fraction of sp³-hybridized carbons (Fsp3) is 0.846. The van der Waals surface area contributed by atoms with Crippen molar-refractivity contribution in [3.05, 3.63) is 11.8 Å². The molecule has 0 spiro atoms. The van der Waals surface area contributed by atoms with Crippen molar-refractivity contribution in [2.24, 2.45) is 5.92 Å². The van der Waals surface area contributed by atoms with E-state index in [2.05, 4.69) is 0 Å². The molecular formula is C13H22O2. The standard InChI is InChI=1S/C13H22O2/c1-2-4-13(3-1)11-15-10-7-12-5-8-14-9-6-12/h11-12H,1-10H2. The van der Waals surface area contributed by atoms with Crippen molar-refractivity contribution in [1.29, 1.82) is 0 Å². The Morgan fingerprint density at radius 2 is 1.93 bits per heavy atom. The van der Waals surface area contributed by atoms with Crippen molar-refractivity contribution in [2.75, 3.05) is 19.8 Å². The predicted molar refractivity (Wildman–Crippen MR) is 60.7 cm³/mol. The van der Waals surface area contributed by atoms with Gasteiger partial charge in [-0.1, -0.05) is 0 Å². The SMILES string of the molecule is C(OCCC1CCOCC1)=C1CCCC1. The van der Waals surface area contributed by atoms with Crippen LogP contribution in [0.4, 0.5) is 0 Å². The van der Waals surface area contributed by atoms with E-state index < -0.39 is 0 Å². The van der Waals surface area contributed by atoms with Gasteiger partial charge in [0.25, 0.3) is 0 Å². The summed E-state index contributed by atoms with van der Waals surface area (Å²) in [6.45, 7) is 2.80. The second-order valence-corrected chi connectivity index (χ2v) is 4.70. The zero-order valence-electron chi connectivity index (χ0n) is 9.54. The lowest BCUT2D eigenvalue weighted by atomic mass is 9.97. The zero-order chi connectivity index (χ0) is 10.3. The minimum Gasteiger partial charge on any atom is -0.501 e. The first-order chi connectivity index (χ1) is 7.45. The quantitative estimate of drug-likeness (QED) is 0.523. The van der Waals surface area contributed by atoms with Crippen molar-refractivity contribution in [3.63, 3.8) is 0 Å². The van der Waals surface area contributed by atoms with E-state index in [9.17, 15) is 0 Å². The molecule has 2 aliphatic rings. The fourth-order valence-electron chi connectivity index (χ4n) is 2.39. The lowest BCUT2D eigenvalue weighted by Gasteiger charge is -2.21. The van der Waals surface area contributed by atoms with E-state index in [-0.39, 0.29) is 0 Å². The Bertz CT molecular complexity index is 197. The Morgan fingerprint density at radius 3 is 2.67 bits per heavy atom. The topological polar surface area (TPSA) is 18.5 Å². The van der Waals surface area contributed by atoms with E-state index >= 15 is 0 Å². The molecule has 2 fully saturated rings. The molecule has 2 rings (SSSR count). The van der Waals surface area contributed by atoms with Gasteiger partial charge in [0.15, 0.2) is 0 Å². The van der Waals surface area contributed by atoms with E-state index in [1.165, 1.54) is 50.5 Å². The highest BCUT2D eigenvalue weighted by molar-refractivity contribution is 5.02. The van der Waals surface area contributed by atoms with Crippen molar-refractivity contribution in [2.45, 2.75) is 44.9 Å². The number of allylic oxidation sites excluding steroid dienone is 1. The molecule has 0 N–H and O–H groups in total. The maximum Gasteiger partial charge on any atom is 0.0876 e. The summed E-state index contributed by atoms with van der Waals surface area (Å²) >= 11 is 0. The number of rotatable bonds is 4. The molecule has 1 aliphatic carbocycles. The van der Waals surface area contributed by atoms with E-state index in [0.29, 0.717) is 0 Å². The lowest BCUT2D eigenvalue weighted by molar-refractivity contribution is 0.0567. The minimum atomic E-state index is 0.834. The molecule has 2 heteroatoms. The molecule has 1 saturated heterocycles. The van der Waals surface area contributed by atoms with Crippen LogP contribution < -0.4 is 0 Å². The summed E-state index contributed by atoms with van der Waals surface area (Å²) in [5.41, 5.74) is 1.52. The van der Waals surface area contributed by atoms with Crippen molar-refractivity contribution >= 4 is 0 Å². The number of hydrogen-bond acceptors (Lipinski definition) is 2. The summed E-state index contributed by atoms with van der Waals surface area (Å²) in [4.78, 5) is 0. The van der Waals surface area contributed by atoms with E-state index in [1.807, 2.05) is 6.26 Å². The molecule has 1 heterocycles. The van der Waals surface area contributed by atoms with Gasteiger partial charge in [0.05, 0.1) is 12.9 Å². The average molecular weight is 210 g/mol. The molecule has 2 nitrogen and oxygen atoms in total. The van der Waals surface area contributed by atoms with Gasteiger partial charge in [-0.2, -0.15) is 0 Å². The third-order valence-electron chi connectivity index (χ3n) is 3.48. The zero-order valence-corrected chi connectivity index (χ0v) is 9.54. The molecule has 86 valence electrons. The van der Waals surface area contributed by atoms with E-state index in [0.717, 1.165) is 25.7 Å². The van der Waals surface area contributed by atoms with Crippen molar-refractivity contribution < 1.29 is 9.47 Å². The highest BCUT2D eigenvalue weighted by atomic mass is 16.5. The number of ether oxygens (including phenoxy) is 2. The summed E-state index contributed by atoms with van der Waals surface area (Å²) < 4.78 is 11.0. The van der Waals surface area contributed by atoms with Gasteiger partial charge in [-0.3, -0.25) is 0 Å². The van der Waals surface area contributed by atoms with Crippen LogP contribution in [-0.4, -0.2) is 19.8 Å². The summed E-state index contributed by atoms with van der Waals surface area (Å²) in [7, 11) is 0. The Hall–Kier alpha value is -0.500. The molecule has 0 atom stereocenters. The second kappa shape index (κ2) is 6.16. The Morgan fingerprint density at radius 1 is 1.20 bits per heavy atom. The van der Waals surface area contributed by atoms with Gasteiger partial charge in [0, 0.05) is 13.2 Å². The predicted octanol–water partition coefficient (Wildman–Crippen LogP) is 3.28. The van der Waals surface area contributed by atoms with Crippen LogP contribution in [0.1, 0.15) is 44.9 Å².